The maximum atomic E-state index is 12.3. The minimum absolute atomic E-state index is 0.585. The van der Waals surface area contributed by atoms with E-state index >= 15 is 0 Å². The lowest BCUT2D eigenvalue weighted by Gasteiger charge is -2.33. The van der Waals surface area contributed by atoms with Crippen LogP contribution in [-0.2, 0) is 9.53 Å². The van der Waals surface area contributed by atoms with Crippen molar-refractivity contribution in [1.29, 1.82) is 0 Å². The molecule has 0 spiro atoms. The van der Waals surface area contributed by atoms with Gasteiger partial charge in [0.15, 0.2) is 6.10 Å². The lowest BCUT2D eigenvalue weighted by Crippen LogP contribution is -2.36. The molecule has 4 rings (SSSR count). The van der Waals surface area contributed by atoms with Crippen LogP contribution in [0.2, 0.25) is 0 Å². The summed E-state index contributed by atoms with van der Waals surface area (Å²) in [6, 6.07) is 18.7. The van der Waals surface area contributed by atoms with Crippen molar-refractivity contribution >= 4 is 22.4 Å². The van der Waals surface area contributed by atoms with Crippen molar-refractivity contribution in [2.45, 2.75) is 45.8 Å². The number of carbonyl (C=O) groups is 1. The zero-order valence-corrected chi connectivity index (χ0v) is 18.1. The van der Waals surface area contributed by atoms with Crippen molar-refractivity contribution < 1.29 is 14.6 Å². The molecule has 4 nitrogen and oxygen atoms in total. The van der Waals surface area contributed by atoms with E-state index in [1.807, 2.05) is 39.8 Å². The van der Waals surface area contributed by atoms with E-state index in [1.54, 1.807) is 0 Å². The van der Waals surface area contributed by atoms with Gasteiger partial charge < -0.3 is 14.7 Å². The first kappa shape index (κ1) is 20.4. The van der Waals surface area contributed by atoms with E-state index in [4.69, 9.17) is 4.74 Å². The molecule has 4 heteroatoms. The van der Waals surface area contributed by atoms with E-state index in [0.717, 1.165) is 46.1 Å². The molecular weight excluding hydrogens is 374 g/mol. The molecule has 1 unspecified atom stereocenters. The molecular formula is C26H29NO3. The smallest absolute Gasteiger partial charge is 0.337 e. The molecule has 0 saturated carbocycles. The Morgan fingerprint density at radius 3 is 2.43 bits per heavy atom. The molecule has 1 fully saturated rings. The third kappa shape index (κ3) is 3.92. The summed E-state index contributed by atoms with van der Waals surface area (Å²) in [6.45, 7) is 9.79. The molecule has 0 aliphatic carbocycles. The van der Waals surface area contributed by atoms with Gasteiger partial charge in [0.05, 0.1) is 5.60 Å². The minimum atomic E-state index is -1.04. The molecule has 3 aromatic rings. The summed E-state index contributed by atoms with van der Waals surface area (Å²) in [5.74, 6) is -0.969. The number of ether oxygens (including phenoxy) is 1. The second kappa shape index (κ2) is 7.77. The average Bonchev–Trinajstić information content (AvgIpc) is 2.63. The van der Waals surface area contributed by atoms with Crippen LogP contribution in [0.1, 0.15) is 44.4 Å². The third-order valence-electron chi connectivity index (χ3n) is 5.61. The lowest BCUT2D eigenvalue weighted by atomic mass is 9.87. The van der Waals surface area contributed by atoms with Gasteiger partial charge in [0, 0.05) is 24.3 Å². The molecule has 1 N–H and O–H groups in total. The van der Waals surface area contributed by atoms with Crippen molar-refractivity contribution in [3.05, 3.63) is 65.7 Å². The number of fused-ring (bicyclic) bond motifs is 1. The van der Waals surface area contributed by atoms with E-state index in [-0.39, 0.29) is 0 Å². The molecule has 0 radical (unpaired) electrons. The summed E-state index contributed by atoms with van der Waals surface area (Å²) in [4.78, 5) is 14.7. The highest BCUT2D eigenvalue weighted by Gasteiger charge is 2.31. The lowest BCUT2D eigenvalue weighted by molar-refractivity contribution is -0.160. The summed E-state index contributed by atoms with van der Waals surface area (Å²) in [5.41, 5.74) is 4.23. The Morgan fingerprint density at radius 1 is 1.07 bits per heavy atom. The van der Waals surface area contributed by atoms with Crippen LogP contribution in [0, 0.1) is 6.92 Å². The van der Waals surface area contributed by atoms with E-state index in [9.17, 15) is 9.90 Å². The molecule has 0 amide bonds. The van der Waals surface area contributed by atoms with Gasteiger partial charge in [-0.3, -0.25) is 0 Å². The highest BCUT2D eigenvalue weighted by molar-refractivity contribution is 6.01. The van der Waals surface area contributed by atoms with Gasteiger partial charge in [-0.05, 0) is 73.7 Å². The maximum Gasteiger partial charge on any atom is 0.337 e. The fourth-order valence-electron chi connectivity index (χ4n) is 4.17. The number of hydrogen-bond donors (Lipinski definition) is 1. The Balaban J connectivity index is 1.99. The fraction of sp³-hybridized carbons (Fsp3) is 0.346. The molecule has 1 aliphatic rings. The van der Waals surface area contributed by atoms with E-state index < -0.39 is 17.7 Å². The van der Waals surface area contributed by atoms with Crippen molar-refractivity contribution in [1.82, 2.24) is 0 Å². The number of rotatable bonds is 5. The first-order valence-corrected chi connectivity index (χ1v) is 10.5. The van der Waals surface area contributed by atoms with Crippen molar-refractivity contribution in [2.24, 2.45) is 0 Å². The number of aryl methyl sites for hydroxylation is 1. The Bertz CT molecular complexity index is 1090. The zero-order valence-electron chi connectivity index (χ0n) is 18.1. The predicted octanol–water partition coefficient (Wildman–Crippen LogP) is 5.97. The van der Waals surface area contributed by atoms with Crippen LogP contribution in [-0.4, -0.2) is 29.8 Å². The predicted molar refractivity (Wildman–Crippen MR) is 122 cm³/mol. The van der Waals surface area contributed by atoms with Gasteiger partial charge in [-0.15, -0.1) is 0 Å². The number of hydrogen-bond acceptors (Lipinski definition) is 3. The van der Waals surface area contributed by atoms with Crippen LogP contribution in [0.25, 0.3) is 21.9 Å². The van der Waals surface area contributed by atoms with Crippen LogP contribution in [0.4, 0.5) is 5.69 Å². The molecule has 1 aliphatic heterocycles. The van der Waals surface area contributed by atoms with Crippen LogP contribution in [0.5, 0.6) is 0 Å². The average molecular weight is 404 g/mol. The Hall–Kier alpha value is -2.85. The molecule has 30 heavy (non-hydrogen) atoms. The first-order valence-electron chi connectivity index (χ1n) is 10.5. The van der Waals surface area contributed by atoms with Gasteiger partial charge in [0.25, 0.3) is 0 Å². The van der Waals surface area contributed by atoms with E-state index in [2.05, 4.69) is 47.4 Å². The summed E-state index contributed by atoms with van der Waals surface area (Å²) >= 11 is 0. The largest absolute Gasteiger partial charge is 0.479 e. The van der Waals surface area contributed by atoms with Gasteiger partial charge in [-0.25, -0.2) is 4.79 Å². The van der Waals surface area contributed by atoms with Crippen molar-refractivity contribution in [3.8, 4) is 11.1 Å². The minimum Gasteiger partial charge on any atom is -0.479 e. The van der Waals surface area contributed by atoms with Crippen molar-refractivity contribution in [2.75, 3.05) is 18.0 Å². The van der Waals surface area contributed by atoms with Gasteiger partial charge in [0.1, 0.15) is 0 Å². The monoisotopic (exact) mass is 403 g/mol. The van der Waals surface area contributed by atoms with E-state index in [1.165, 1.54) is 12.1 Å². The zero-order chi connectivity index (χ0) is 21.5. The maximum absolute atomic E-state index is 12.3. The normalized spacial score (nSPS) is 15.1. The van der Waals surface area contributed by atoms with Gasteiger partial charge in [-0.1, -0.05) is 42.5 Å². The summed E-state index contributed by atoms with van der Waals surface area (Å²) < 4.78 is 6.08. The highest BCUT2D eigenvalue weighted by atomic mass is 16.5. The van der Waals surface area contributed by atoms with Gasteiger partial charge >= 0.3 is 5.97 Å². The van der Waals surface area contributed by atoms with Crippen molar-refractivity contribution in [3.63, 3.8) is 0 Å². The standard InChI is InChI=1S/C26H29NO3/c1-17-15-18-9-5-6-12-21(18)23(22(17)24(25(28)29)30-26(2,3)4)19-10-7-11-20(16-19)27-13-8-14-27/h5-7,9-12,15-16,24H,8,13-14H2,1-4H3,(H,28,29). The van der Waals surface area contributed by atoms with Gasteiger partial charge in [0.2, 0.25) is 0 Å². The summed E-state index contributed by atoms with van der Waals surface area (Å²) in [6.07, 6.45) is 0.167. The highest BCUT2D eigenvalue weighted by Crippen LogP contribution is 2.41. The van der Waals surface area contributed by atoms with Crippen LogP contribution in [0.3, 0.4) is 0 Å². The van der Waals surface area contributed by atoms with Gasteiger partial charge in [-0.2, -0.15) is 0 Å². The Kier molecular flexibility index (Phi) is 5.29. The second-order valence-corrected chi connectivity index (χ2v) is 9.04. The molecule has 0 bridgehead atoms. The summed E-state index contributed by atoms with van der Waals surface area (Å²) in [7, 11) is 0. The molecule has 156 valence electrons. The Labute approximate surface area is 178 Å². The molecule has 1 atom stereocenters. The first-order chi connectivity index (χ1) is 14.2. The van der Waals surface area contributed by atoms with Crippen LogP contribution >= 0.6 is 0 Å². The quantitative estimate of drug-likeness (QED) is 0.570. The van der Waals surface area contributed by atoms with Crippen LogP contribution in [0.15, 0.2) is 54.6 Å². The number of aliphatic carboxylic acids is 1. The molecule has 0 aromatic heterocycles. The number of carboxylic acid groups (broad SMARTS) is 1. The number of nitrogens with zero attached hydrogens (tertiary/aromatic N) is 1. The number of benzene rings is 3. The van der Waals surface area contributed by atoms with E-state index in [0.29, 0.717) is 0 Å². The fourth-order valence-corrected chi connectivity index (χ4v) is 4.17. The molecule has 1 saturated heterocycles. The molecule has 3 aromatic carbocycles. The van der Waals surface area contributed by atoms with Crippen LogP contribution < -0.4 is 4.90 Å². The summed E-state index contributed by atoms with van der Waals surface area (Å²) in [5, 5.41) is 12.3. The second-order valence-electron chi connectivity index (χ2n) is 9.04. The Morgan fingerprint density at radius 2 is 1.80 bits per heavy atom. The third-order valence-corrected chi connectivity index (χ3v) is 5.61. The number of anilines is 1. The number of carboxylic acids is 1. The molecule has 1 heterocycles. The topological polar surface area (TPSA) is 49.8 Å². The SMILES string of the molecule is Cc1cc2ccccc2c(-c2cccc(N3CCC3)c2)c1C(OC(C)(C)C)C(=O)O.